The zero-order valence-corrected chi connectivity index (χ0v) is 9.46. The Labute approximate surface area is 97.8 Å². The monoisotopic (exact) mass is 241 g/mol. The summed E-state index contributed by atoms with van der Waals surface area (Å²) in [5.41, 5.74) is 5.47. The van der Waals surface area contributed by atoms with E-state index in [9.17, 15) is 9.59 Å². The summed E-state index contributed by atoms with van der Waals surface area (Å²) >= 11 is 0. The summed E-state index contributed by atoms with van der Waals surface area (Å²) in [5, 5.41) is 18.5. The highest BCUT2D eigenvalue weighted by molar-refractivity contribution is 5.92. The zero-order chi connectivity index (χ0) is 12.8. The number of carboxylic acid groups (broad SMARTS) is 1. The quantitative estimate of drug-likeness (QED) is 0.568. The maximum atomic E-state index is 11.5. The summed E-state index contributed by atoms with van der Waals surface area (Å²) in [6, 6.07) is 0. The minimum Gasteiger partial charge on any atom is -0.481 e. The van der Waals surface area contributed by atoms with Gasteiger partial charge in [0.25, 0.3) is 5.91 Å². The molecule has 0 fully saturated rings. The number of nitrogens with two attached hydrogens (primary N) is 1. The molecule has 1 amide bonds. The summed E-state index contributed by atoms with van der Waals surface area (Å²) < 4.78 is 1.45. The first-order valence-corrected chi connectivity index (χ1v) is 5.15. The van der Waals surface area contributed by atoms with Gasteiger partial charge in [0.05, 0.1) is 18.7 Å². The van der Waals surface area contributed by atoms with Crippen LogP contribution in [0.1, 0.15) is 17.4 Å². The third kappa shape index (κ3) is 3.83. The molecular weight excluding hydrogens is 226 g/mol. The minimum atomic E-state index is -0.961. The average Bonchev–Trinajstić information content (AvgIpc) is 2.74. The fraction of sp³-hybridized carbons (Fsp3) is 0.556. The molecule has 0 spiro atoms. The van der Waals surface area contributed by atoms with Crippen LogP contribution in [0.15, 0.2) is 6.20 Å². The van der Waals surface area contributed by atoms with Gasteiger partial charge in [0.15, 0.2) is 5.69 Å². The smallest absolute Gasteiger partial charge is 0.308 e. The summed E-state index contributed by atoms with van der Waals surface area (Å²) in [6.07, 6.45) is 1.47. The van der Waals surface area contributed by atoms with E-state index in [0.29, 0.717) is 13.1 Å². The lowest BCUT2D eigenvalue weighted by Crippen LogP contribution is -2.31. The fourth-order valence-electron chi connectivity index (χ4n) is 1.07. The maximum Gasteiger partial charge on any atom is 0.308 e. The second-order valence-electron chi connectivity index (χ2n) is 3.60. The van der Waals surface area contributed by atoms with Crippen molar-refractivity contribution in [1.82, 2.24) is 20.3 Å². The molecule has 1 unspecified atom stereocenters. The van der Waals surface area contributed by atoms with Crippen LogP contribution in [-0.4, -0.2) is 45.1 Å². The molecule has 0 saturated heterocycles. The molecule has 94 valence electrons. The van der Waals surface area contributed by atoms with Gasteiger partial charge in [-0.05, 0) is 0 Å². The predicted molar refractivity (Wildman–Crippen MR) is 58.2 cm³/mol. The Hall–Kier alpha value is -1.96. The number of carbonyl (C=O) groups excluding carboxylic acids is 1. The van der Waals surface area contributed by atoms with Crippen LogP contribution in [0.4, 0.5) is 0 Å². The van der Waals surface area contributed by atoms with Gasteiger partial charge in [-0.25, -0.2) is 0 Å². The van der Waals surface area contributed by atoms with Crippen molar-refractivity contribution < 1.29 is 14.7 Å². The molecule has 1 heterocycles. The van der Waals surface area contributed by atoms with Crippen LogP contribution in [0.3, 0.4) is 0 Å². The SMILES string of the molecule is CC(CNC(=O)c1cn(CCN)nn1)C(=O)O. The molecule has 0 saturated carbocycles. The van der Waals surface area contributed by atoms with Crippen LogP contribution < -0.4 is 11.1 Å². The zero-order valence-electron chi connectivity index (χ0n) is 9.46. The van der Waals surface area contributed by atoms with Gasteiger partial charge in [-0.1, -0.05) is 12.1 Å². The second-order valence-corrected chi connectivity index (χ2v) is 3.60. The molecule has 0 radical (unpaired) electrons. The molecule has 0 aliphatic carbocycles. The Morgan fingerprint density at radius 1 is 1.65 bits per heavy atom. The van der Waals surface area contributed by atoms with Crippen molar-refractivity contribution in [2.45, 2.75) is 13.5 Å². The van der Waals surface area contributed by atoms with Crippen molar-refractivity contribution in [3.63, 3.8) is 0 Å². The van der Waals surface area contributed by atoms with E-state index in [0.717, 1.165) is 0 Å². The maximum absolute atomic E-state index is 11.5. The molecule has 8 heteroatoms. The van der Waals surface area contributed by atoms with Crippen molar-refractivity contribution >= 4 is 11.9 Å². The van der Waals surface area contributed by atoms with E-state index in [1.807, 2.05) is 0 Å². The highest BCUT2D eigenvalue weighted by Gasteiger charge is 2.15. The average molecular weight is 241 g/mol. The number of aromatic nitrogens is 3. The van der Waals surface area contributed by atoms with Gasteiger partial charge in [-0.2, -0.15) is 0 Å². The van der Waals surface area contributed by atoms with Gasteiger partial charge in [-0.15, -0.1) is 5.10 Å². The van der Waals surface area contributed by atoms with Crippen LogP contribution in [0.5, 0.6) is 0 Å². The van der Waals surface area contributed by atoms with Crippen LogP contribution in [0.25, 0.3) is 0 Å². The molecule has 8 nitrogen and oxygen atoms in total. The van der Waals surface area contributed by atoms with Gasteiger partial charge in [0.1, 0.15) is 0 Å². The van der Waals surface area contributed by atoms with E-state index < -0.39 is 17.8 Å². The number of carboxylic acids is 1. The predicted octanol–water partition coefficient (Wildman–Crippen LogP) is -1.31. The third-order valence-corrected chi connectivity index (χ3v) is 2.12. The number of nitrogens with one attached hydrogen (secondary N) is 1. The van der Waals surface area contributed by atoms with Gasteiger partial charge in [0, 0.05) is 13.1 Å². The van der Waals surface area contributed by atoms with Crippen molar-refractivity contribution in [3.8, 4) is 0 Å². The Bertz CT molecular complexity index is 403. The number of carbonyl (C=O) groups is 2. The molecule has 17 heavy (non-hydrogen) atoms. The number of nitrogens with zero attached hydrogens (tertiary/aromatic N) is 3. The van der Waals surface area contributed by atoms with Gasteiger partial charge in [-0.3, -0.25) is 14.3 Å². The number of rotatable bonds is 6. The normalized spacial score (nSPS) is 12.1. The van der Waals surface area contributed by atoms with Crippen LogP contribution >= 0.6 is 0 Å². The fourth-order valence-corrected chi connectivity index (χ4v) is 1.07. The van der Waals surface area contributed by atoms with Crippen LogP contribution in [0.2, 0.25) is 0 Å². The van der Waals surface area contributed by atoms with Crippen molar-refractivity contribution in [2.75, 3.05) is 13.1 Å². The number of aliphatic carboxylic acids is 1. The van der Waals surface area contributed by atoms with Crippen molar-refractivity contribution in [3.05, 3.63) is 11.9 Å². The molecule has 0 aliphatic rings. The first-order chi connectivity index (χ1) is 8.04. The van der Waals surface area contributed by atoms with E-state index in [-0.39, 0.29) is 12.2 Å². The third-order valence-electron chi connectivity index (χ3n) is 2.12. The summed E-state index contributed by atoms with van der Waals surface area (Å²) in [7, 11) is 0. The molecule has 4 N–H and O–H groups in total. The minimum absolute atomic E-state index is 0.0535. The number of hydrogen-bond donors (Lipinski definition) is 3. The second kappa shape index (κ2) is 5.94. The van der Waals surface area contributed by atoms with Gasteiger partial charge >= 0.3 is 5.97 Å². The van der Waals surface area contributed by atoms with Crippen molar-refractivity contribution in [1.29, 1.82) is 0 Å². The molecule has 0 bridgehead atoms. The first-order valence-electron chi connectivity index (χ1n) is 5.15. The molecular formula is C9H15N5O3. The largest absolute Gasteiger partial charge is 0.481 e. The lowest BCUT2D eigenvalue weighted by Gasteiger charge is -2.06. The molecule has 0 aliphatic heterocycles. The lowest BCUT2D eigenvalue weighted by molar-refractivity contribution is -0.140. The number of hydrogen-bond acceptors (Lipinski definition) is 5. The van der Waals surface area contributed by atoms with E-state index in [2.05, 4.69) is 15.6 Å². The molecule has 1 rings (SSSR count). The van der Waals surface area contributed by atoms with E-state index in [4.69, 9.17) is 10.8 Å². The highest BCUT2D eigenvalue weighted by Crippen LogP contribution is 1.95. The Morgan fingerprint density at radius 2 is 2.35 bits per heavy atom. The van der Waals surface area contributed by atoms with Gasteiger partial charge < -0.3 is 16.2 Å². The Balaban J connectivity index is 2.49. The first kappa shape index (κ1) is 13.1. The molecule has 1 aromatic heterocycles. The van der Waals surface area contributed by atoms with E-state index in [1.54, 1.807) is 0 Å². The topological polar surface area (TPSA) is 123 Å². The summed E-state index contributed by atoms with van der Waals surface area (Å²) in [6.45, 7) is 2.44. The number of amides is 1. The van der Waals surface area contributed by atoms with E-state index >= 15 is 0 Å². The van der Waals surface area contributed by atoms with E-state index in [1.165, 1.54) is 17.8 Å². The highest BCUT2D eigenvalue weighted by atomic mass is 16.4. The Morgan fingerprint density at radius 3 is 2.94 bits per heavy atom. The Kier molecular flexibility index (Phi) is 4.58. The molecule has 0 aromatic carbocycles. The lowest BCUT2D eigenvalue weighted by atomic mass is 10.2. The van der Waals surface area contributed by atoms with Crippen molar-refractivity contribution in [2.24, 2.45) is 11.7 Å². The molecule has 1 aromatic rings. The van der Waals surface area contributed by atoms with Crippen LogP contribution in [-0.2, 0) is 11.3 Å². The van der Waals surface area contributed by atoms with Gasteiger partial charge in [0.2, 0.25) is 0 Å². The molecule has 1 atom stereocenters. The summed E-state index contributed by atoms with van der Waals surface area (Å²) in [4.78, 5) is 22.1. The summed E-state index contributed by atoms with van der Waals surface area (Å²) in [5.74, 6) is -2.04. The standard InChI is InChI=1S/C9H15N5O3/c1-6(9(16)17)4-11-8(15)7-5-14(3-2-10)13-12-7/h5-6H,2-4,10H2,1H3,(H,11,15)(H,16,17). The van der Waals surface area contributed by atoms with Crippen LogP contribution in [0, 0.1) is 5.92 Å².